The van der Waals surface area contributed by atoms with Crippen molar-refractivity contribution in [2.45, 2.75) is 12.6 Å². The van der Waals surface area contributed by atoms with Gasteiger partial charge in [0.05, 0.1) is 5.92 Å². The first-order chi connectivity index (χ1) is 13.5. The van der Waals surface area contributed by atoms with E-state index in [1.807, 2.05) is 0 Å². The zero-order valence-corrected chi connectivity index (χ0v) is 16.7. The highest BCUT2D eigenvalue weighted by Crippen LogP contribution is 2.26. The summed E-state index contributed by atoms with van der Waals surface area (Å²) >= 11 is 11.8. The minimum atomic E-state index is -4.50. The van der Waals surface area contributed by atoms with E-state index in [4.69, 9.17) is 23.2 Å². The van der Waals surface area contributed by atoms with Gasteiger partial charge in [0.25, 0.3) is 5.91 Å². The first-order valence-electron chi connectivity index (χ1n) is 8.92. The number of likely N-dealkylation sites (tertiary alicyclic amines) is 1. The van der Waals surface area contributed by atoms with Gasteiger partial charge in [0.2, 0.25) is 11.8 Å². The molecule has 1 aromatic carbocycles. The van der Waals surface area contributed by atoms with Crippen LogP contribution in [0.3, 0.4) is 0 Å². The molecule has 2 aliphatic heterocycles. The summed E-state index contributed by atoms with van der Waals surface area (Å²) in [6.07, 6.45) is -4.72. The highest BCUT2D eigenvalue weighted by Gasteiger charge is 2.42. The normalized spacial score (nSPS) is 20.4. The summed E-state index contributed by atoms with van der Waals surface area (Å²) < 4.78 is 37.6. The van der Waals surface area contributed by atoms with Crippen LogP contribution in [0.5, 0.6) is 0 Å². The van der Waals surface area contributed by atoms with Crippen molar-refractivity contribution in [1.82, 2.24) is 14.7 Å². The maximum Gasteiger partial charge on any atom is 0.406 e. The van der Waals surface area contributed by atoms with E-state index < -0.39 is 24.5 Å². The van der Waals surface area contributed by atoms with Crippen LogP contribution in [0.15, 0.2) is 18.2 Å². The first kappa shape index (κ1) is 21.7. The molecule has 0 saturated carbocycles. The number of carbonyl (C=O) groups excluding carboxylic acids is 3. The van der Waals surface area contributed by atoms with E-state index in [1.54, 1.807) is 4.90 Å². The molecule has 0 aromatic heterocycles. The maximum atomic E-state index is 12.6. The van der Waals surface area contributed by atoms with Gasteiger partial charge in [-0.05, 0) is 18.2 Å². The minimum Gasteiger partial charge on any atom is -0.339 e. The Hall–Kier alpha value is -2.00. The zero-order chi connectivity index (χ0) is 21.3. The van der Waals surface area contributed by atoms with Gasteiger partial charge in [0.15, 0.2) is 0 Å². The molecule has 3 rings (SSSR count). The Labute approximate surface area is 175 Å². The smallest absolute Gasteiger partial charge is 0.339 e. The standard InChI is InChI=1S/C18H18Cl2F3N3O3/c19-13-5-11(6-14(20)8-13)16(28)24-1-3-25(4-2-24)17(29)12-7-15(27)26(9-12)10-18(21,22)23/h5-6,8,12H,1-4,7,9-10H2. The van der Waals surface area contributed by atoms with Gasteiger partial charge in [0, 0.05) is 54.8 Å². The third-order valence-corrected chi connectivity index (χ3v) is 5.36. The van der Waals surface area contributed by atoms with Gasteiger partial charge in [-0.2, -0.15) is 13.2 Å². The van der Waals surface area contributed by atoms with E-state index in [-0.39, 0.29) is 51.0 Å². The fourth-order valence-electron chi connectivity index (χ4n) is 3.55. The molecular weight excluding hydrogens is 434 g/mol. The summed E-state index contributed by atoms with van der Waals surface area (Å²) in [5.41, 5.74) is 0.339. The van der Waals surface area contributed by atoms with Crippen molar-refractivity contribution in [2.24, 2.45) is 5.92 Å². The van der Waals surface area contributed by atoms with Gasteiger partial charge in [-0.3, -0.25) is 14.4 Å². The number of piperazine rings is 1. The van der Waals surface area contributed by atoms with E-state index in [0.717, 1.165) is 0 Å². The van der Waals surface area contributed by atoms with E-state index in [9.17, 15) is 27.6 Å². The number of hydrogen-bond acceptors (Lipinski definition) is 3. The molecule has 3 amide bonds. The van der Waals surface area contributed by atoms with Crippen LogP contribution in [-0.4, -0.2) is 77.9 Å². The van der Waals surface area contributed by atoms with Crippen molar-refractivity contribution in [1.29, 1.82) is 0 Å². The number of alkyl halides is 3. The number of rotatable bonds is 3. The zero-order valence-electron chi connectivity index (χ0n) is 15.2. The van der Waals surface area contributed by atoms with Gasteiger partial charge < -0.3 is 14.7 Å². The Morgan fingerprint density at radius 1 is 1.00 bits per heavy atom. The summed E-state index contributed by atoms with van der Waals surface area (Å²) in [4.78, 5) is 40.7. The quantitative estimate of drug-likeness (QED) is 0.709. The summed E-state index contributed by atoms with van der Waals surface area (Å²) in [5.74, 6) is -2.10. The fraction of sp³-hybridized carbons (Fsp3) is 0.500. The van der Waals surface area contributed by atoms with Crippen molar-refractivity contribution < 1.29 is 27.6 Å². The van der Waals surface area contributed by atoms with Crippen LogP contribution < -0.4 is 0 Å². The predicted molar refractivity (Wildman–Crippen MR) is 99.7 cm³/mol. The van der Waals surface area contributed by atoms with Gasteiger partial charge in [-0.15, -0.1) is 0 Å². The topological polar surface area (TPSA) is 60.9 Å². The highest BCUT2D eigenvalue weighted by molar-refractivity contribution is 6.35. The molecule has 1 aromatic rings. The Kier molecular flexibility index (Phi) is 6.28. The number of hydrogen-bond donors (Lipinski definition) is 0. The summed E-state index contributed by atoms with van der Waals surface area (Å²) in [5, 5.41) is 0.674. The number of nitrogens with zero attached hydrogens (tertiary/aromatic N) is 3. The lowest BCUT2D eigenvalue weighted by Gasteiger charge is -2.36. The van der Waals surface area contributed by atoms with E-state index >= 15 is 0 Å². The van der Waals surface area contributed by atoms with Crippen LogP contribution in [0.1, 0.15) is 16.8 Å². The molecule has 0 aliphatic carbocycles. The van der Waals surface area contributed by atoms with E-state index in [2.05, 4.69) is 0 Å². The van der Waals surface area contributed by atoms with E-state index in [1.165, 1.54) is 23.1 Å². The Morgan fingerprint density at radius 3 is 2.10 bits per heavy atom. The Bertz CT molecular complexity index is 806. The second-order valence-electron chi connectivity index (χ2n) is 7.07. The van der Waals surface area contributed by atoms with Gasteiger partial charge in [-0.25, -0.2) is 0 Å². The number of halogens is 5. The molecule has 29 heavy (non-hydrogen) atoms. The average molecular weight is 452 g/mol. The molecule has 1 atom stereocenters. The molecule has 0 bridgehead atoms. The van der Waals surface area contributed by atoms with Crippen LogP contribution in [0.2, 0.25) is 10.0 Å². The first-order valence-corrected chi connectivity index (χ1v) is 9.68. The molecule has 158 valence electrons. The van der Waals surface area contributed by atoms with Crippen LogP contribution in [0.25, 0.3) is 0 Å². The van der Waals surface area contributed by atoms with Gasteiger partial charge >= 0.3 is 6.18 Å². The lowest BCUT2D eigenvalue weighted by Crippen LogP contribution is -2.52. The Morgan fingerprint density at radius 2 is 1.55 bits per heavy atom. The van der Waals surface area contributed by atoms with Crippen LogP contribution in [-0.2, 0) is 9.59 Å². The van der Waals surface area contributed by atoms with E-state index in [0.29, 0.717) is 20.5 Å². The second-order valence-corrected chi connectivity index (χ2v) is 7.94. The molecule has 2 saturated heterocycles. The Balaban J connectivity index is 1.56. The summed E-state index contributed by atoms with van der Waals surface area (Å²) in [6, 6.07) is 4.53. The lowest BCUT2D eigenvalue weighted by molar-refractivity contribution is -0.157. The van der Waals surface area contributed by atoms with Crippen molar-refractivity contribution in [3.63, 3.8) is 0 Å². The van der Waals surface area contributed by atoms with Crippen molar-refractivity contribution in [2.75, 3.05) is 39.3 Å². The summed E-state index contributed by atoms with van der Waals surface area (Å²) in [6.45, 7) is -0.577. The van der Waals surface area contributed by atoms with Crippen molar-refractivity contribution in [3.05, 3.63) is 33.8 Å². The van der Waals surface area contributed by atoms with Crippen molar-refractivity contribution >= 4 is 40.9 Å². The highest BCUT2D eigenvalue weighted by atomic mass is 35.5. The second kappa shape index (κ2) is 8.39. The third kappa shape index (κ3) is 5.33. The molecule has 0 radical (unpaired) electrons. The van der Waals surface area contributed by atoms with Crippen LogP contribution in [0, 0.1) is 5.92 Å². The number of carbonyl (C=O) groups is 3. The fourth-order valence-corrected chi connectivity index (χ4v) is 4.08. The maximum absolute atomic E-state index is 12.6. The molecule has 0 spiro atoms. The average Bonchev–Trinajstić information content (AvgIpc) is 2.98. The van der Waals surface area contributed by atoms with Gasteiger partial charge in [0.1, 0.15) is 6.54 Å². The molecule has 6 nitrogen and oxygen atoms in total. The molecule has 2 heterocycles. The number of amides is 3. The van der Waals surface area contributed by atoms with Crippen LogP contribution >= 0.6 is 23.2 Å². The SMILES string of the molecule is O=C1CC(C(=O)N2CCN(C(=O)c3cc(Cl)cc(Cl)c3)CC2)CN1CC(F)(F)F. The molecule has 0 N–H and O–H groups in total. The summed E-state index contributed by atoms with van der Waals surface area (Å²) in [7, 11) is 0. The van der Waals surface area contributed by atoms with Crippen molar-refractivity contribution in [3.8, 4) is 0 Å². The predicted octanol–water partition coefficient (Wildman–Crippen LogP) is 2.69. The van der Waals surface area contributed by atoms with Gasteiger partial charge in [-0.1, -0.05) is 23.2 Å². The number of benzene rings is 1. The third-order valence-electron chi connectivity index (χ3n) is 4.92. The lowest BCUT2D eigenvalue weighted by atomic mass is 10.1. The molecule has 11 heteroatoms. The monoisotopic (exact) mass is 451 g/mol. The van der Waals surface area contributed by atoms with Crippen LogP contribution in [0.4, 0.5) is 13.2 Å². The molecule has 1 unspecified atom stereocenters. The molecular formula is C18H18Cl2F3N3O3. The minimum absolute atomic E-state index is 0.227. The molecule has 2 fully saturated rings. The molecule has 2 aliphatic rings. The largest absolute Gasteiger partial charge is 0.406 e.